The number of hydrogen-bond donors (Lipinski definition) is 2. The number of aromatic nitrogens is 4. The highest BCUT2D eigenvalue weighted by molar-refractivity contribution is 8.00. The van der Waals surface area contributed by atoms with E-state index in [1.165, 1.54) is 27.6 Å². The van der Waals surface area contributed by atoms with E-state index in [0.29, 0.717) is 18.1 Å². The topological polar surface area (TPSA) is 127 Å². The van der Waals surface area contributed by atoms with Crippen LogP contribution in [0.3, 0.4) is 0 Å². The van der Waals surface area contributed by atoms with E-state index in [-0.39, 0.29) is 29.1 Å². The number of thioether (sulfide) groups is 1. The van der Waals surface area contributed by atoms with Gasteiger partial charge in [0.2, 0.25) is 5.91 Å². The van der Waals surface area contributed by atoms with Crippen LogP contribution >= 0.6 is 11.8 Å². The lowest BCUT2D eigenvalue weighted by Crippen LogP contribution is -2.43. The molecule has 170 valence electrons. The summed E-state index contributed by atoms with van der Waals surface area (Å²) in [5, 5.41) is 1.54. The van der Waals surface area contributed by atoms with Crippen LogP contribution in [0, 0.1) is 5.92 Å². The second-order valence-corrected chi connectivity index (χ2v) is 8.85. The second kappa shape index (κ2) is 10.4. The minimum atomic E-state index is -0.660. The van der Waals surface area contributed by atoms with Crippen LogP contribution in [0.4, 0.5) is 11.5 Å². The van der Waals surface area contributed by atoms with Crippen molar-refractivity contribution in [2.75, 3.05) is 22.9 Å². The Morgan fingerprint density at radius 1 is 1.25 bits per heavy atom. The van der Waals surface area contributed by atoms with E-state index < -0.39 is 11.2 Å². The number of nitrogens with two attached hydrogens (primary N) is 1. The maximum Gasteiger partial charge on any atom is 0.330 e. The van der Waals surface area contributed by atoms with Crippen LogP contribution in [-0.2, 0) is 11.3 Å². The van der Waals surface area contributed by atoms with Gasteiger partial charge in [-0.05, 0) is 18.4 Å². The van der Waals surface area contributed by atoms with E-state index in [0.717, 1.165) is 23.7 Å². The maximum atomic E-state index is 13.3. The number of nitrogens with one attached hydrogen (secondary N) is 1. The van der Waals surface area contributed by atoms with E-state index in [4.69, 9.17) is 5.73 Å². The molecule has 0 aliphatic carbocycles. The van der Waals surface area contributed by atoms with Gasteiger partial charge in [-0.3, -0.25) is 19.1 Å². The molecule has 0 fully saturated rings. The van der Waals surface area contributed by atoms with Gasteiger partial charge < -0.3 is 10.6 Å². The fraction of sp³-hybridized carbons (Fsp3) is 0.409. The van der Waals surface area contributed by atoms with Gasteiger partial charge in [0.25, 0.3) is 5.56 Å². The molecule has 2 heterocycles. The molecule has 0 spiro atoms. The van der Waals surface area contributed by atoms with Gasteiger partial charge in [0, 0.05) is 18.5 Å². The van der Waals surface area contributed by atoms with Crippen molar-refractivity contribution in [3.8, 4) is 0 Å². The lowest BCUT2D eigenvalue weighted by atomic mass is 10.2. The molecule has 0 saturated carbocycles. The lowest BCUT2D eigenvalue weighted by molar-refractivity contribution is -0.116. The first-order valence-corrected chi connectivity index (χ1v) is 11.6. The number of benzene rings is 1. The van der Waals surface area contributed by atoms with Gasteiger partial charge in [0.15, 0.2) is 5.69 Å². The molecule has 1 amide bonds. The Kier molecular flexibility index (Phi) is 7.68. The number of rotatable bonds is 9. The van der Waals surface area contributed by atoms with Crippen LogP contribution in [0.25, 0.3) is 10.9 Å². The Labute approximate surface area is 190 Å². The first-order chi connectivity index (χ1) is 15.3. The summed E-state index contributed by atoms with van der Waals surface area (Å²) in [5.41, 5.74) is 5.83. The molecular weight excluding hydrogens is 428 g/mol. The third-order valence-corrected chi connectivity index (χ3v) is 5.90. The number of carbonyl (C=O) groups is 1. The Morgan fingerprint density at radius 2 is 2.00 bits per heavy atom. The number of fused-ring (bicyclic) bond motifs is 1. The smallest absolute Gasteiger partial charge is 0.330 e. The molecular formula is C22H28N6O3S. The number of aromatic amines is 1. The van der Waals surface area contributed by atoms with E-state index in [1.807, 2.05) is 45.0 Å². The van der Waals surface area contributed by atoms with Gasteiger partial charge in [0.05, 0.1) is 11.3 Å². The predicted octanol–water partition coefficient (Wildman–Crippen LogP) is 2.64. The number of hydrogen-bond acceptors (Lipinski definition) is 7. The molecule has 3 N–H and O–H groups in total. The van der Waals surface area contributed by atoms with Crippen LogP contribution in [0.5, 0.6) is 0 Å². The number of anilines is 2. The van der Waals surface area contributed by atoms with E-state index >= 15 is 0 Å². The Hall–Kier alpha value is -3.14. The summed E-state index contributed by atoms with van der Waals surface area (Å²) in [6.45, 7) is 6.56. The van der Waals surface area contributed by atoms with Gasteiger partial charge in [-0.15, -0.1) is 0 Å². The molecule has 2 aromatic heterocycles. The van der Waals surface area contributed by atoms with Gasteiger partial charge in [-0.1, -0.05) is 57.2 Å². The third-order valence-electron chi connectivity index (χ3n) is 4.91. The van der Waals surface area contributed by atoms with Gasteiger partial charge in [0.1, 0.15) is 17.2 Å². The van der Waals surface area contributed by atoms with Crippen LogP contribution in [-0.4, -0.2) is 37.7 Å². The van der Waals surface area contributed by atoms with E-state index in [9.17, 15) is 14.4 Å². The van der Waals surface area contributed by atoms with Crippen molar-refractivity contribution >= 4 is 40.1 Å². The zero-order valence-corrected chi connectivity index (χ0v) is 19.3. The molecule has 0 unspecified atom stereocenters. The molecule has 3 rings (SSSR count). The number of nitrogens with zero attached hydrogens (tertiary/aromatic N) is 4. The van der Waals surface area contributed by atoms with E-state index in [1.54, 1.807) is 0 Å². The maximum absolute atomic E-state index is 13.3. The first kappa shape index (κ1) is 23.5. The van der Waals surface area contributed by atoms with Crippen LogP contribution < -0.4 is 21.9 Å². The van der Waals surface area contributed by atoms with Crippen molar-refractivity contribution < 1.29 is 4.79 Å². The average Bonchev–Trinajstić information content (AvgIpc) is 2.76. The summed E-state index contributed by atoms with van der Waals surface area (Å²) in [6, 6.07) is 7.57. The molecule has 0 bridgehead atoms. The number of nitrogen functional groups attached to an aromatic ring is 1. The standard InChI is InChI=1S/C22H28N6O3S/c1-4-5-10-27-19(23)18(20(30)26-22(27)31)28(11-14(2)3)17(29)12-32-21-15-8-6-7-9-16(15)24-13-25-21/h6-9,13-14H,4-5,10-12,23H2,1-3H3,(H,26,30,31). The van der Waals surface area contributed by atoms with Crippen molar-refractivity contribution in [1.82, 2.24) is 19.5 Å². The minimum absolute atomic E-state index is 0.0127. The Morgan fingerprint density at radius 3 is 2.72 bits per heavy atom. The predicted molar refractivity (Wildman–Crippen MR) is 128 cm³/mol. The SMILES string of the molecule is CCCCn1c(N)c(N(CC(C)C)C(=O)CSc2ncnc3ccccc23)c(=O)[nH]c1=O. The largest absolute Gasteiger partial charge is 0.383 e. The quantitative estimate of drug-likeness (QED) is 0.374. The zero-order chi connectivity index (χ0) is 23.3. The van der Waals surface area contributed by atoms with E-state index in [2.05, 4.69) is 15.0 Å². The molecule has 0 atom stereocenters. The molecule has 1 aromatic carbocycles. The fourth-order valence-corrected chi connectivity index (χ4v) is 4.23. The molecule has 32 heavy (non-hydrogen) atoms. The minimum Gasteiger partial charge on any atom is -0.383 e. The van der Waals surface area contributed by atoms with Crippen molar-refractivity contribution in [2.45, 2.75) is 45.2 Å². The van der Waals surface area contributed by atoms with Crippen LogP contribution in [0.2, 0.25) is 0 Å². The van der Waals surface area contributed by atoms with Crippen molar-refractivity contribution in [3.05, 3.63) is 51.4 Å². The number of unbranched alkanes of at least 4 members (excludes halogenated alkanes) is 1. The van der Waals surface area contributed by atoms with Gasteiger partial charge in [-0.2, -0.15) is 0 Å². The number of H-pyrrole nitrogens is 1. The summed E-state index contributed by atoms with van der Waals surface area (Å²) >= 11 is 1.28. The molecule has 0 saturated heterocycles. The van der Waals surface area contributed by atoms with Crippen LogP contribution in [0.1, 0.15) is 33.6 Å². The van der Waals surface area contributed by atoms with Crippen molar-refractivity contribution in [2.24, 2.45) is 5.92 Å². The molecule has 0 aliphatic rings. The summed E-state index contributed by atoms with van der Waals surface area (Å²) in [6.07, 6.45) is 3.05. The highest BCUT2D eigenvalue weighted by atomic mass is 32.2. The molecule has 0 radical (unpaired) electrons. The number of para-hydroxylation sites is 1. The van der Waals surface area contributed by atoms with Crippen molar-refractivity contribution in [1.29, 1.82) is 0 Å². The normalized spacial score (nSPS) is 11.2. The summed E-state index contributed by atoms with van der Waals surface area (Å²) in [4.78, 5) is 50.5. The summed E-state index contributed by atoms with van der Waals surface area (Å²) < 4.78 is 1.33. The third kappa shape index (κ3) is 5.18. The molecule has 10 heteroatoms. The fourth-order valence-electron chi connectivity index (χ4n) is 3.36. The highest BCUT2D eigenvalue weighted by Crippen LogP contribution is 2.26. The van der Waals surface area contributed by atoms with Gasteiger partial charge in [-0.25, -0.2) is 14.8 Å². The average molecular weight is 457 g/mol. The van der Waals surface area contributed by atoms with Gasteiger partial charge >= 0.3 is 5.69 Å². The second-order valence-electron chi connectivity index (χ2n) is 7.88. The molecule has 0 aliphatic heterocycles. The highest BCUT2D eigenvalue weighted by Gasteiger charge is 2.25. The van der Waals surface area contributed by atoms with Crippen LogP contribution in [0.15, 0.2) is 45.2 Å². The number of carbonyl (C=O) groups excluding carboxylic acids is 1. The Balaban J connectivity index is 1.93. The monoisotopic (exact) mass is 456 g/mol. The summed E-state index contributed by atoms with van der Waals surface area (Å²) in [7, 11) is 0. The zero-order valence-electron chi connectivity index (χ0n) is 18.5. The van der Waals surface area contributed by atoms with Crippen molar-refractivity contribution in [3.63, 3.8) is 0 Å². The number of amides is 1. The Bertz CT molecular complexity index is 1210. The lowest BCUT2D eigenvalue weighted by Gasteiger charge is -2.26. The first-order valence-electron chi connectivity index (χ1n) is 10.6. The molecule has 3 aromatic rings. The molecule has 9 nitrogen and oxygen atoms in total. The summed E-state index contributed by atoms with van der Waals surface area (Å²) in [5.74, 6) is -0.137.